The van der Waals surface area contributed by atoms with Gasteiger partial charge in [0.1, 0.15) is 24.0 Å². The molecule has 0 radical (unpaired) electrons. The minimum atomic E-state index is -1.21. The maximum atomic E-state index is 13.6. The van der Waals surface area contributed by atoms with Crippen molar-refractivity contribution in [2.45, 2.75) is 42.1 Å². The number of allylic oxidation sites excluding steroid dienone is 2. The van der Waals surface area contributed by atoms with Gasteiger partial charge in [-0.05, 0) is 49.6 Å². The molecule has 0 unspecified atom stereocenters. The van der Waals surface area contributed by atoms with E-state index in [1.54, 1.807) is 41.3 Å². The third-order valence-corrected chi connectivity index (χ3v) is 7.11. The number of fused-ring (bicyclic) bond motifs is 1. The Kier molecular flexibility index (Phi) is 4.76. The van der Waals surface area contributed by atoms with E-state index in [9.17, 15) is 14.7 Å². The number of carboxylic acid groups (broad SMARTS) is 1. The molecule has 2 heterocycles. The molecule has 4 aliphatic rings. The smallest absolute Gasteiger partial charge is 0.420 e. The molecule has 6 rings (SSSR count). The van der Waals surface area contributed by atoms with Crippen LogP contribution in [0, 0.1) is 23.7 Å². The fourth-order valence-corrected chi connectivity index (χ4v) is 5.83. The van der Waals surface area contributed by atoms with E-state index in [-0.39, 0.29) is 0 Å². The fourth-order valence-electron chi connectivity index (χ4n) is 5.83. The van der Waals surface area contributed by atoms with Gasteiger partial charge >= 0.3 is 12.1 Å². The van der Waals surface area contributed by atoms with Crippen molar-refractivity contribution in [1.29, 1.82) is 0 Å². The summed E-state index contributed by atoms with van der Waals surface area (Å²) in [5, 5.41) is 9.42. The molecule has 2 aromatic rings. The molecule has 174 valence electrons. The highest BCUT2D eigenvalue weighted by molar-refractivity contribution is 5.94. The molecule has 0 spiro atoms. The standard InChI is InChI=1S/C28H21NO6/c30-24(31)19-33-26-16-9-2-1-6-15-23-27(18-10-17-26)28(26,35-27)21-13-7-8-14-22(21)29(23)25(32)34-20-11-4-3-5-12-20/h1-5,7-8,11-14,23H,10,17-19H2,(H,30,31)/t23-,26-,27+,28+/m1/s1. The first-order valence-corrected chi connectivity index (χ1v) is 11.4. The highest BCUT2D eigenvalue weighted by atomic mass is 16.7. The van der Waals surface area contributed by atoms with E-state index in [4.69, 9.17) is 14.2 Å². The zero-order valence-corrected chi connectivity index (χ0v) is 18.7. The first-order valence-electron chi connectivity index (χ1n) is 11.4. The summed E-state index contributed by atoms with van der Waals surface area (Å²) in [6, 6.07) is 15.6. The van der Waals surface area contributed by atoms with Crippen molar-refractivity contribution in [2.75, 3.05) is 11.5 Å². The van der Waals surface area contributed by atoms with Crippen LogP contribution in [-0.2, 0) is 19.9 Å². The lowest BCUT2D eigenvalue weighted by atomic mass is 9.61. The number of nitrogens with zero attached hydrogens (tertiary/aromatic N) is 1. The predicted molar refractivity (Wildman–Crippen MR) is 126 cm³/mol. The van der Waals surface area contributed by atoms with Crippen molar-refractivity contribution in [3.8, 4) is 29.4 Å². The number of carboxylic acids is 1. The molecule has 1 saturated heterocycles. The van der Waals surface area contributed by atoms with Crippen molar-refractivity contribution >= 4 is 17.7 Å². The summed E-state index contributed by atoms with van der Waals surface area (Å²) in [6.45, 7) is -0.516. The van der Waals surface area contributed by atoms with Gasteiger partial charge in [-0.2, -0.15) is 0 Å². The van der Waals surface area contributed by atoms with Gasteiger partial charge in [-0.25, -0.2) is 9.59 Å². The van der Waals surface area contributed by atoms with Gasteiger partial charge in [0.25, 0.3) is 0 Å². The van der Waals surface area contributed by atoms with E-state index in [0.29, 0.717) is 36.3 Å². The first-order chi connectivity index (χ1) is 17.0. The highest BCUT2D eigenvalue weighted by Gasteiger charge is 2.87. The van der Waals surface area contributed by atoms with Crippen LogP contribution in [0.5, 0.6) is 5.75 Å². The number of carbonyl (C=O) groups is 2. The summed E-state index contributed by atoms with van der Waals surface area (Å²) in [4.78, 5) is 26.7. The van der Waals surface area contributed by atoms with Crippen molar-refractivity contribution in [2.24, 2.45) is 0 Å². The number of hydrogen-bond acceptors (Lipinski definition) is 5. The van der Waals surface area contributed by atoms with E-state index < -0.39 is 41.5 Å². The minimum Gasteiger partial charge on any atom is -0.480 e. The van der Waals surface area contributed by atoms with Gasteiger partial charge in [-0.15, -0.1) is 0 Å². The van der Waals surface area contributed by atoms with Crippen molar-refractivity contribution in [3.63, 3.8) is 0 Å². The maximum absolute atomic E-state index is 13.6. The number of anilines is 1. The van der Waals surface area contributed by atoms with Gasteiger partial charge in [0, 0.05) is 5.56 Å². The van der Waals surface area contributed by atoms with Crippen LogP contribution in [0.3, 0.4) is 0 Å². The molecule has 2 aliphatic carbocycles. The summed E-state index contributed by atoms with van der Waals surface area (Å²) < 4.78 is 18.5. The Balaban J connectivity index is 1.55. The molecule has 35 heavy (non-hydrogen) atoms. The number of carbonyl (C=O) groups excluding carboxylic acids is 1. The summed E-state index contributed by atoms with van der Waals surface area (Å²) >= 11 is 0. The van der Waals surface area contributed by atoms with Crippen LogP contribution in [-0.4, -0.2) is 41.0 Å². The van der Waals surface area contributed by atoms with Gasteiger partial charge in [-0.3, -0.25) is 4.90 Å². The second-order valence-electron chi connectivity index (χ2n) is 8.90. The lowest BCUT2D eigenvalue weighted by molar-refractivity contribution is -0.152. The second kappa shape index (κ2) is 7.74. The Labute approximate surface area is 202 Å². The molecular weight excluding hydrogens is 446 g/mol. The summed E-state index contributed by atoms with van der Waals surface area (Å²) in [5.74, 6) is 11.7. The maximum Gasteiger partial charge on any atom is 0.420 e. The summed E-state index contributed by atoms with van der Waals surface area (Å²) in [7, 11) is 0. The summed E-state index contributed by atoms with van der Waals surface area (Å²) in [5.41, 5.74) is -1.90. The Morgan fingerprint density at radius 1 is 1.06 bits per heavy atom. The predicted octanol–water partition coefficient (Wildman–Crippen LogP) is 3.64. The van der Waals surface area contributed by atoms with Crippen LogP contribution in [0.1, 0.15) is 24.8 Å². The monoisotopic (exact) mass is 467 g/mol. The molecule has 0 aromatic heterocycles. The van der Waals surface area contributed by atoms with Crippen LogP contribution in [0.25, 0.3) is 0 Å². The van der Waals surface area contributed by atoms with Gasteiger partial charge in [0.15, 0.2) is 11.2 Å². The topological polar surface area (TPSA) is 88.6 Å². The normalized spacial score (nSPS) is 30.9. The van der Waals surface area contributed by atoms with E-state index >= 15 is 0 Å². The van der Waals surface area contributed by atoms with Gasteiger partial charge < -0.3 is 19.3 Å². The third kappa shape index (κ3) is 2.96. The molecule has 7 heteroatoms. The van der Waals surface area contributed by atoms with E-state index in [1.165, 1.54) is 0 Å². The first kappa shape index (κ1) is 21.5. The average Bonchev–Trinajstić information content (AvgIpc) is 3.58. The number of hydrogen-bond donors (Lipinski definition) is 1. The second-order valence-corrected chi connectivity index (χ2v) is 8.90. The zero-order chi connectivity index (χ0) is 24.1. The van der Waals surface area contributed by atoms with E-state index in [1.807, 2.05) is 30.3 Å². The zero-order valence-electron chi connectivity index (χ0n) is 18.7. The number of ether oxygens (including phenoxy) is 3. The largest absolute Gasteiger partial charge is 0.480 e. The van der Waals surface area contributed by atoms with E-state index in [0.717, 1.165) is 0 Å². The van der Waals surface area contributed by atoms with Crippen LogP contribution in [0.15, 0.2) is 66.7 Å². The van der Waals surface area contributed by atoms with Gasteiger partial charge in [-0.1, -0.05) is 60.1 Å². The van der Waals surface area contributed by atoms with E-state index in [2.05, 4.69) is 23.7 Å². The Morgan fingerprint density at radius 2 is 1.83 bits per heavy atom. The Hall–Kier alpha value is -4.04. The molecule has 7 nitrogen and oxygen atoms in total. The number of para-hydroxylation sites is 2. The number of amides is 1. The van der Waals surface area contributed by atoms with Crippen LogP contribution in [0.4, 0.5) is 10.5 Å². The van der Waals surface area contributed by atoms with Gasteiger partial charge in [0.05, 0.1) is 5.69 Å². The Bertz CT molecular complexity index is 1380. The SMILES string of the molecule is O=C(O)CO[C@@]12C#CC=CC#C[C@H]3N(C(=O)Oc4ccccc4)c4ccccc4[C@]14O[C@@]34CCC2. The van der Waals surface area contributed by atoms with Crippen LogP contribution >= 0.6 is 0 Å². The lowest BCUT2D eigenvalue weighted by Crippen LogP contribution is -2.63. The van der Waals surface area contributed by atoms with Crippen molar-refractivity contribution in [1.82, 2.24) is 0 Å². The van der Waals surface area contributed by atoms with Gasteiger partial charge in [0.2, 0.25) is 0 Å². The highest BCUT2D eigenvalue weighted by Crippen LogP contribution is 2.74. The number of rotatable bonds is 4. The molecular formula is C28H21NO6. The molecule has 1 amide bonds. The molecule has 4 atom stereocenters. The van der Waals surface area contributed by atoms with Crippen molar-refractivity contribution in [3.05, 3.63) is 72.3 Å². The molecule has 1 N–H and O–H groups in total. The van der Waals surface area contributed by atoms with Crippen molar-refractivity contribution < 1.29 is 28.9 Å². The minimum absolute atomic E-state index is 0.419. The van der Waals surface area contributed by atoms with Crippen LogP contribution in [0.2, 0.25) is 0 Å². The van der Waals surface area contributed by atoms with Crippen LogP contribution < -0.4 is 9.64 Å². The molecule has 2 aromatic carbocycles. The Morgan fingerprint density at radius 3 is 2.66 bits per heavy atom. The molecule has 2 aliphatic heterocycles. The molecule has 2 fully saturated rings. The molecule has 1 saturated carbocycles. The lowest BCUT2D eigenvalue weighted by Gasteiger charge is -2.47. The summed E-state index contributed by atoms with van der Waals surface area (Å²) in [6.07, 6.45) is 4.41. The fraction of sp³-hybridized carbons (Fsp3) is 0.286. The molecule has 4 bridgehead atoms. The number of epoxide rings is 1. The third-order valence-electron chi connectivity index (χ3n) is 7.11. The quantitative estimate of drug-likeness (QED) is 0.546. The average molecular weight is 467 g/mol. The number of aliphatic carboxylic acids is 1. The number of benzene rings is 2.